The Morgan fingerprint density at radius 3 is 2.60 bits per heavy atom. The fourth-order valence-corrected chi connectivity index (χ4v) is 5.51. The molecule has 1 aliphatic heterocycles. The summed E-state index contributed by atoms with van der Waals surface area (Å²) >= 11 is 0. The second kappa shape index (κ2) is 13.2. The summed E-state index contributed by atoms with van der Waals surface area (Å²) in [4.78, 5) is 31.9. The van der Waals surface area contributed by atoms with Crippen LogP contribution in [-0.4, -0.2) is 70.4 Å². The van der Waals surface area contributed by atoms with Gasteiger partial charge in [0.2, 0.25) is 0 Å². The first kappa shape index (κ1) is 29.4. The van der Waals surface area contributed by atoms with Crippen molar-refractivity contribution in [2.24, 2.45) is 5.92 Å². The number of aromatic nitrogens is 4. The number of piperidine rings is 1. The van der Waals surface area contributed by atoms with E-state index in [1.54, 1.807) is 12.3 Å². The highest BCUT2D eigenvalue weighted by molar-refractivity contribution is 6.06. The SMILES string of the molecule is CNC(=O)c1ccnc2c([C@H](C)CNc3cc(-c4ccc(CC5CCN(CC(F)F)CC5)nc4)ncn3)ccc(F)c12. The number of fused-ring (bicyclic) bond motifs is 1. The van der Waals surface area contributed by atoms with Crippen molar-refractivity contribution in [2.45, 2.75) is 38.5 Å². The van der Waals surface area contributed by atoms with Crippen molar-refractivity contribution in [3.8, 4) is 11.3 Å². The lowest BCUT2D eigenvalue weighted by molar-refractivity contribution is 0.0690. The summed E-state index contributed by atoms with van der Waals surface area (Å²) < 4.78 is 40.0. The molecule has 220 valence electrons. The van der Waals surface area contributed by atoms with Gasteiger partial charge in [-0.1, -0.05) is 13.0 Å². The highest BCUT2D eigenvalue weighted by Gasteiger charge is 2.22. The van der Waals surface area contributed by atoms with Gasteiger partial charge in [-0.2, -0.15) is 0 Å². The van der Waals surface area contributed by atoms with Crippen molar-refractivity contribution >= 4 is 22.6 Å². The molecule has 1 aliphatic rings. The Morgan fingerprint density at radius 2 is 1.88 bits per heavy atom. The van der Waals surface area contributed by atoms with E-state index in [4.69, 9.17) is 0 Å². The number of benzene rings is 1. The molecule has 0 aliphatic carbocycles. The fraction of sp³-hybridized carbons (Fsp3) is 0.387. The second-order valence-electron chi connectivity index (χ2n) is 10.7. The smallest absolute Gasteiger partial charge is 0.251 e. The third-order valence-corrected chi connectivity index (χ3v) is 7.85. The molecule has 1 fully saturated rings. The summed E-state index contributed by atoms with van der Waals surface area (Å²) in [6, 6.07) is 10.4. The molecule has 1 amide bonds. The Hall–Kier alpha value is -4.12. The molecular weight excluding hydrogens is 543 g/mol. The van der Waals surface area contributed by atoms with Crippen molar-refractivity contribution in [3.05, 3.63) is 77.8 Å². The van der Waals surface area contributed by atoms with Gasteiger partial charge in [0.25, 0.3) is 12.3 Å². The Bertz CT molecular complexity index is 1530. The first-order valence-electron chi connectivity index (χ1n) is 14.1. The van der Waals surface area contributed by atoms with Crippen LogP contribution in [0, 0.1) is 11.7 Å². The van der Waals surface area contributed by atoms with Gasteiger partial charge in [-0.3, -0.25) is 19.7 Å². The number of rotatable bonds is 10. The van der Waals surface area contributed by atoms with Gasteiger partial charge in [0.1, 0.15) is 18.0 Å². The molecule has 1 saturated heterocycles. The minimum atomic E-state index is -2.28. The van der Waals surface area contributed by atoms with E-state index in [9.17, 15) is 18.0 Å². The molecule has 4 heterocycles. The van der Waals surface area contributed by atoms with Gasteiger partial charge in [-0.25, -0.2) is 23.1 Å². The Balaban J connectivity index is 1.22. The molecule has 0 radical (unpaired) electrons. The van der Waals surface area contributed by atoms with E-state index in [2.05, 4.69) is 30.6 Å². The van der Waals surface area contributed by atoms with Crippen LogP contribution in [0.15, 0.2) is 55.1 Å². The summed E-state index contributed by atoms with van der Waals surface area (Å²) in [6.45, 7) is 3.76. The van der Waals surface area contributed by atoms with Crippen molar-refractivity contribution in [1.29, 1.82) is 0 Å². The lowest BCUT2D eigenvalue weighted by Crippen LogP contribution is -2.37. The number of pyridine rings is 2. The van der Waals surface area contributed by atoms with Crippen LogP contribution in [0.1, 0.15) is 47.3 Å². The maximum Gasteiger partial charge on any atom is 0.251 e. The molecule has 0 spiro atoms. The van der Waals surface area contributed by atoms with Crippen LogP contribution in [0.4, 0.5) is 19.0 Å². The van der Waals surface area contributed by atoms with Crippen molar-refractivity contribution < 1.29 is 18.0 Å². The zero-order chi connectivity index (χ0) is 29.6. The standard InChI is InChI=1S/C31H34F3N7O/c1-19(23-5-6-25(32)29-24(31(42)35-2)7-10-36-30(23)29)15-38-28-14-26(39-18-40-28)21-3-4-22(37-16-21)13-20-8-11-41(12-9-20)17-27(33)34/h3-7,10,14,16,18-20,27H,8-9,11-13,15,17H2,1-2H3,(H,35,42)(H,38,39,40)/t19-/m1/s1. The summed E-state index contributed by atoms with van der Waals surface area (Å²) in [7, 11) is 1.51. The van der Waals surface area contributed by atoms with Crippen LogP contribution >= 0.6 is 0 Å². The normalized spacial score (nSPS) is 15.2. The molecular formula is C31H34F3N7O. The van der Waals surface area contributed by atoms with E-state index < -0.39 is 12.2 Å². The predicted octanol–water partition coefficient (Wildman–Crippen LogP) is 5.32. The first-order chi connectivity index (χ1) is 20.3. The number of likely N-dealkylation sites (tertiary alicyclic amines) is 1. The first-order valence-corrected chi connectivity index (χ1v) is 14.1. The number of carbonyl (C=O) groups is 1. The number of halogens is 3. The van der Waals surface area contributed by atoms with Gasteiger partial charge in [0, 0.05) is 54.6 Å². The van der Waals surface area contributed by atoms with Crippen molar-refractivity contribution in [3.63, 3.8) is 0 Å². The minimum absolute atomic E-state index is 0.0675. The van der Waals surface area contributed by atoms with Gasteiger partial charge in [0.15, 0.2) is 0 Å². The minimum Gasteiger partial charge on any atom is -0.369 e. The van der Waals surface area contributed by atoms with E-state index in [1.165, 1.54) is 31.7 Å². The molecule has 42 heavy (non-hydrogen) atoms. The number of anilines is 1. The fourth-order valence-electron chi connectivity index (χ4n) is 5.51. The molecule has 3 aromatic heterocycles. The van der Waals surface area contributed by atoms with Crippen LogP contribution < -0.4 is 10.6 Å². The topological polar surface area (TPSA) is 95.9 Å². The molecule has 0 saturated carbocycles. The quantitative estimate of drug-likeness (QED) is 0.263. The van der Waals surface area contributed by atoms with Crippen LogP contribution in [0.2, 0.25) is 0 Å². The lowest BCUT2D eigenvalue weighted by atomic mass is 9.92. The predicted molar refractivity (Wildman–Crippen MR) is 156 cm³/mol. The van der Waals surface area contributed by atoms with E-state index in [0.717, 1.165) is 41.8 Å². The molecule has 1 aromatic carbocycles. The second-order valence-corrected chi connectivity index (χ2v) is 10.7. The summed E-state index contributed by atoms with van der Waals surface area (Å²) in [6.07, 6.45) is 5.15. The zero-order valence-electron chi connectivity index (χ0n) is 23.7. The van der Waals surface area contributed by atoms with Crippen LogP contribution in [-0.2, 0) is 6.42 Å². The number of carbonyl (C=O) groups excluding carboxylic acids is 1. The molecule has 8 nitrogen and oxygen atoms in total. The summed E-state index contributed by atoms with van der Waals surface area (Å²) in [5, 5.41) is 6.10. The largest absolute Gasteiger partial charge is 0.369 e. The Labute approximate surface area is 242 Å². The van der Waals surface area contributed by atoms with Crippen LogP contribution in [0.25, 0.3) is 22.2 Å². The van der Waals surface area contributed by atoms with E-state index in [-0.39, 0.29) is 29.3 Å². The molecule has 1 atom stereocenters. The molecule has 0 unspecified atom stereocenters. The lowest BCUT2D eigenvalue weighted by Gasteiger charge is -2.31. The van der Waals surface area contributed by atoms with Gasteiger partial charge in [-0.15, -0.1) is 0 Å². The summed E-state index contributed by atoms with van der Waals surface area (Å²) in [5.74, 6) is 0.154. The molecule has 5 rings (SSSR count). The van der Waals surface area contributed by atoms with Gasteiger partial charge in [0.05, 0.1) is 23.3 Å². The average Bonchev–Trinajstić information content (AvgIpc) is 3.00. The highest BCUT2D eigenvalue weighted by Crippen LogP contribution is 2.29. The third kappa shape index (κ3) is 6.84. The van der Waals surface area contributed by atoms with E-state index >= 15 is 0 Å². The number of hydrogen-bond acceptors (Lipinski definition) is 7. The molecule has 0 bridgehead atoms. The maximum atomic E-state index is 14.8. The average molecular weight is 578 g/mol. The maximum absolute atomic E-state index is 14.8. The van der Waals surface area contributed by atoms with Crippen LogP contribution in [0.3, 0.4) is 0 Å². The Kier molecular flexibility index (Phi) is 9.26. The van der Waals surface area contributed by atoms with Crippen molar-refractivity contribution in [1.82, 2.24) is 30.2 Å². The number of hydrogen-bond donors (Lipinski definition) is 2. The molecule has 4 aromatic rings. The number of alkyl halides is 2. The number of amides is 1. The zero-order valence-corrected chi connectivity index (χ0v) is 23.7. The monoisotopic (exact) mass is 577 g/mol. The number of nitrogens with zero attached hydrogens (tertiary/aromatic N) is 5. The molecule has 2 N–H and O–H groups in total. The van der Waals surface area contributed by atoms with Gasteiger partial charge < -0.3 is 10.6 Å². The van der Waals surface area contributed by atoms with Gasteiger partial charge >= 0.3 is 0 Å². The Morgan fingerprint density at radius 1 is 1.07 bits per heavy atom. The highest BCUT2D eigenvalue weighted by atomic mass is 19.3. The number of nitrogens with one attached hydrogen (secondary N) is 2. The molecule has 11 heteroatoms. The van der Waals surface area contributed by atoms with E-state index in [1.807, 2.05) is 30.0 Å². The van der Waals surface area contributed by atoms with Crippen LogP contribution in [0.5, 0.6) is 0 Å². The van der Waals surface area contributed by atoms with Crippen molar-refractivity contribution in [2.75, 3.05) is 38.5 Å². The van der Waals surface area contributed by atoms with Gasteiger partial charge in [-0.05, 0) is 68.1 Å². The van der Waals surface area contributed by atoms with E-state index in [0.29, 0.717) is 36.9 Å². The third-order valence-electron chi connectivity index (χ3n) is 7.85. The summed E-state index contributed by atoms with van der Waals surface area (Å²) in [5.41, 5.74) is 4.09.